The molecule has 0 radical (unpaired) electrons. The van der Waals surface area contributed by atoms with Gasteiger partial charge in [-0.15, -0.1) is 12.4 Å². The molecule has 2 fully saturated rings. The highest BCUT2D eigenvalue weighted by Crippen LogP contribution is 2.31. The Balaban J connectivity index is 0.00000182. The van der Waals surface area contributed by atoms with Crippen LogP contribution < -0.4 is 5.32 Å². The van der Waals surface area contributed by atoms with Crippen molar-refractivity contribution in [3.05, 3.63) is 47.3 Å². The maximum atomic E-state index is 13.3. The van der Waals surface area contributed by atoms with E-state index in [4.69, 9.17) is 0 Å². The number of aryl methyl sites for hydroxylation is 1. The zero-order valence-corrected chi connectivity index (χ0v) is 15.6. The summed E-state index contributed by atoms with van der Waals surface area (Å²) in [5, 5.41) is 8.10. The quantitative estimate of drug-likeness (QED) is 0.895. The number of benzene rings is 1. The summed E-state index contributed by atoms with van der Waals surface area (Å²) in [6, 6.07) is 10.7. The van der Waals surface area contributed by atoms with Crippen LogP contribution in [0.15, 0.2) is 30.3 Å². The third kappa shape index (κ3) is 3.07. The van der Waals surface area contributed by atoms with E-state index in [0.717, 1.165) is 55.0 Å². The molecule has 4 rings (SSSR count). The molecule has 5 nitrogen and oxygen atoms in total. The van der Waals surface area contributed by atoms with Crippen molar-refractivity contribution in [1.82, 2.24) is 20.0 Å². The van der Waals surface area contributed by atoms with Crippen molar-refractivity contribution in [2.24, 2.45) is 0 Å². The summed E-state index contributed by atoms with van der Waals surface area (Å²) in [7, 11) is 0. The van der Waals surface area contributed by atoms with Crippen LogP contribution in [-0.2, 0) is 0 Å². The van der Waals surface area contributed by atoms with Crippen LogP contribution in [0.4, 0.5) is 0 Å². The van der Waals surface area contributed by atoms with Gasteiger partial charge in [0.05, 0.1) is 22.6 Å². The van der Waals surface area contributed by atoms with Gasteiger partial charge in [0.15, 0.2) is 0 Å². The van der Waals surface area contributed by atoms with Gasteiger partial charge in [-0.3, -0.25) is 4.79 Å². The predicted octanol–water partition coefficient (Wildman–Crippen LogP) is 2.88. The number of fused-ring (bicyclic) bond motifs is 2. The first-order valence-corrected chi connectivity index (χ1v) is 8.82. The number of para-hydroxylation sites is 1. The van der Waals surface area contributed by atoms with Gasteiger partial charge in [0.2, 0.25) is 0 Å². The number of carbonyl (C=O) groups is 1. The maximum absolute atomic E-state index is 13.3. The molecule has 3 heterocycles. The molecular formula is C19H25ClN4O. The van der Waals surface area contributed by atoms with Crippen molar-refractivity contribution < 1.29 is 4.79 Å². The van der Waals surface area contributed by atoms with E-state index in [1.807, 2.05) is 48.9 Å². The Morgan fingerprint density at radius 1 is 1.12 bits per heavy atom. The Bertz CT molecular complexity index is 744. The van der Waals surface area contributed by atoms with E-state index in [9.17, 15) is 4.79 Å². The van der Waals surface area contributed by atoms with E-state index >= 15 is 0 Å². The first kappa shape index (κ1) is 18.0. The average Bonchev–Trinajstić information content (AvgIpc) is 3.02. The van der Waals surface area contributed by atoms with E-state index in [1.165, 1.54) is 0 Å². The molecule has 0 saturated carbocycles. The van der Waals surface area contributed by atoms with E-state index in [-0.39, 0.29) is 18.3 Å². The molecule has 134 valence electrons. The third-order valence-corrected chi connectivity index (χ3v) is 5.39. The summed E-state index contributed by atoms with van der Waals surface area (Å²) in [5.41, 5.74) is 3.52. The molecule has 1 N–H and O–H groups in total. The number of carbonyl (C=O) groups excluding carboxylic acids is 1. The molecule has 2 aliphatic rings. The molecule has 2 saturated heterocycles. The fourth-order valence-corrected chi connectivity index (χ4v) is 4.22. The predicted molar refractivity (Wildman–Crippen MR) is 101 cm³/mol. The Hall–Kier alpha value is -1.85. The van der Waals surface area contributed by atoms with Gasteiger partial charge >= 0.3 is 0 Å². The monoisotopic (exact) mass is 360 g/mol. The minimum Gasteiger partial charge on any atom is -0.331 e. The van der Waals surface area contributed by atoms with E-state index in [0.29, 0.717) is 12.1 Å². The Labute approximate surface area is 154 Å². The highest BCUT2D eigenvalue weighted by atomic mass is 35.5. The topological polar surface area (TPSA) is 50.2 Å². The van der Waals surface area contributed by atoms with Gasteiger partial charge < -0.3 is 10.2 Å². The Morgan fingerprint density at radius 3 is 2.60 bits per heavy atom. The van der Waals surface area contributed by atoms with Gasteiger partial charge in [-0.25, -0.2) is 4.68 Å². The normalized spacial score (nSPS) is 22.4. The third-order valence-electron chi connectivity index (χ3n) is 5.39. The molecule has 2 bridgehead atoms. The second-order valence-corrected chi connectivity index (χ2v) is 6.88. The van der Waals surface area contributed by atoms with Crippen LogP contribution in [0.5, 0.6) is 0 Å². The van der Waals surface area contributed by atoms with Crippen LogP contribution >= 0.6 is 12.4 Å². The molecule has 2 aromatic rings. The molecule has 0 aliphatic carbocycles. The lowest BCUT2D eigenvalue weighted by molar-refractivity contribution is 0.0679. The summed E-state index contributed by atoms with van der Waals surface area (Å²) < 4.78 is 1.89. The van der Waals surface area contributed by atoms with E-state index < -0.39 is 0 Å². The van der Waals surface area contributed by atoms with Crippen LogP contribution in [-0.4, -0.2) is 45.8 Å². The number of nitrogens with one attached hydrogen (secondary N) is 1. The minimum absolute atomic E-state index is 0. The number of hydrogen-bond acceptors (Lipinski definition) is 3. The van der Waals surface area contributed by atoms with E-state index in [1.54, 1.807) is 0 Å². The number of hydrogen-bond donors (Lipinski definition) is 1. The summed E-state index contributed by atoms with van der Waals surface area (Å²) in [6.45, 7) is 5.86. The molecule has 1 amide bonds. The number of rotatable bonds is 2. The van der Waals surface area contributed by atoms with Crippen molar-refractivity contribution in [2.45, 2.75) is 45.2 Å². The molecule has 2 atom stereocenters. The van der Waals surface area contributed by atoms with Crippen molar-refractivity contribution in [1.29, 1.82) is 0 Å². The SMILES string of the molecule is Cc1nn(-c2ccccc2)c(C)c1C(=O)N1C2CCNCC1CC2.Cl. The van der Waals surface area contributed by atoms with Crippen molar-refractivity contribution in [3.8, 4) is 5.69 Å². The van der Waals surface area contributed by atoms with Crippen LogP contribution in [0.25, 0.3) is 5.69 Å². The number of halogens is 1. The van der Waals surface area contributed by atoms with Crippen LogP contribution in [0, 0.1) is 13.8 Å². The van der Waals surface area contributed by atoms with Crippen molar-refractivity contribution in [3.63, 3.8) is 0 Å². The highest BCUT2D eigenvalue weighted by molar-refractivity contribution is 5.97. The lowest BCUT2D eigenvalue weighted by Gasteiger charge is -2.28. The van der Waals surface area contributed by atoms with Gasteiger partial charge in [-0.05, 0) is 51.8 Å². The lowest BCUT2D eigenvalue weighted by Crippen LogP contribution is -2.42. The standard InChI is InChI=1S/C19H24N4O.ClH/c1-13-18(14(2)23(21-13)16-6-4-3-5-7-16)19(24)22-15-8-9-17(22)12-20-11-10-15;/h3-7,15,17,20H,8-12H2,1-2H3;1H. The molecule has 2 aliphatic heterocycles. The first-order valence-electron chi connectivity index (χ1n) is 8.82. The summed E-state index contributed by atoms with van der Waals surface area (Å²) in [6.07, 6.45) is 3.28. The smallest absolute Gasteiger partial charge is 0.258 e. The highest BCUT2D eigenvalue weighted by Gasteiger charge is 2.39. The molecule has 0 spiro atoms. The number of amides is 1. The molecule has 2 unspecified atom stereocenters. The largest absolute Gasteiger partial charge is 0.331 e. The van der Waals surface area contributed by atoms with Crippen LogP contribution in [0.3, 0.4) is 0 Å². The van der Waals surface area contributed by atoms with Gasteiger partial charge in [0.1, 0.15) is 0 Å². The van der Waals surface area contributed by atoms with Gasteiger partial charge in [-0.2, -0.15) is 5.10 Å². The van der Waals surface area contributed by atoms with Crippen LogP contribution in [0.1, 0.15) is 41.0 Å². The minimum atomic E-state index is 0. The molecular weight excluding hydrogens is 336 g/mol. The summed E-state index contributed by atoms with van der Waals surface area (Å²) in [5.74, 6) is 0.156. The summed E-state index contributed by atoms with van der Waals surface area (Å²) >= 11 is 0. The molecule has 6 heteroatoms. The fourth-order valence-electron chi connectivity index (χ4n) is 4.22. The molecule has 1 aromatic carbocycles. The second kappa shape index (κ2) is 7.18. The van der Waals surface area contributed by atoms with Gasteiger partial charge in [-0.1, -0.05) is 18.2 Å². The first-order chi connectivity index (χ1) is 11.7. The Morgan fingerprint density at radius 2 is 1.84 bits per heavy atom. The average molecular weight is 361 g/mol. The zero-order valence-electron chi connectivity index (χ0n) is 14.7. The van der Waals surface area contributed by atoms with Crippen molar-refractivity contribution >= 4 is 18.3 Å². The van der Waals surface area contributed by atoms with E-state index in [2.05, 4.69) is 15.3 Å². The number of aromatic nitrogens is 2. The fraction of sp³-hybridized carbons (Fsp3) is 0.474. The zero-order chi connectivity index (χ0) is 16.7. The van der Waals surface area contributed by atoms with Crippen molar-refractivity contribution in [2.75, 3.05) is 13.1 Å². The molecule has 25 heavy (non-hydrogen) atoms. The summed E-state index contributed by atoms with van der Waals surface area (Å²) in [4.78, 5) is 15.5. The van der Waals surface area contributed by atoms with Gasteiger partial charge in [0, 0.05) is 18.6 Å². The maximum Gasteiger partial charge on any atom is 0.258 e. The Kier molecular flexibility index (Phi) is 5.16. The van der Waals surface area contributed by atoms with Gasteiger partial charge in [0.25, 0.3) is 5.91 Å². The second-order valence-electron chi connectivity index (χ2n) is 6.88. The lowest BCUT2D eigenvalue weighted by atomic mass is 10.1. The number of nitrogens with zero attached hydrogens (tertiary/aromatic N) is 3. The molecule has 1 aromatic heterocycles. The van der Waals surface area contributed by atoms with Crippen LogP contribution in [0.2, 0.25) is 0 Å².